The number of esters is 1. The summed E-state index contributed by atoms with van der Waals surface area (Å²) in [6.07, 6.45) is 9.42. The molecule has 1 aliphatic heterocycles. The Labute approximate surface area is 399 Å². The van der Waals surface area contributed by atoms with E-state index in [1.165, 1.54) is 17.1 Å². The maximum Gasteiger partial charge on any atom is 0.311 e. The number of imide groups is 1. The van der Waals surface area contributed by atoms with Gasteiger partial charge in [0.25, 0.3) is 11.8 Å². The van der Waals surface area contributed by atoms with Crippen LogP contribution in [0.2, 0.25) is 0 Å². The van der Waals surface area contributed by atoms with Crippen molar-refractivity contribution in [1.29, 1.82) is 0 Å². The van der Waals surface area contributed by atoms with Gasteiger partial charge < -0.3 is 45.9 Å². The van der Waals surface area contributed by atoms with Crippen molar-refractivity contribution in [2.75, 3.05) is 51.4 Å². The van der Waals surface area contributed by atoms with Crippen LogP contribution >= 0.6 is 0 Å². The molecule has 6 N–H and O–H groups in total. The quantitative estimate of drug-likeness (QED) is 0.0467. The highest BCUT2D eigenvalue weighted by Gasteiger charge is 2.32. The number of amides is 6. The number of carbonyl (C=O) groups is 7. The Kier molecular flexibility index (Phi) is 21.2. The third kappa shape index (κ3) is 19.6. The molecule has 1 fully saturated rings. The number of aromatic nitrogens is 3. The Morgan fingerprint density at radius 3 is 2.19 bits per heavy atom. The summed E-state index contributed by atoms with van der Waals surface area (Å²) in [5.41, 5.74) is 5.68. The van der Waals surface area contributed by atoms with Crippen molar-refractivity contribution in [2.24, 2.45) is 23.0 Å². The summed E-state index contributed by atoms with van der Waals surface area (Å²) < 4.78 is 24.7. The predicted octanol–water partition coefficient (Wildman–Crippen LogP) is 3.08. The second kappa shape index (κ2) is 26.3. The molecule has 1 aromatic carbocycles. The van der Waals surface area contributed by atoms with E-state index in [-0.39, 0.29) is 61.9 Å². The lowest BCUT2D eigenvalue weighted by Gasteiger charge is -2.32. The first-order valence-electron chi connectivity index (χ1n) is 23.5. The van der Waals surface area contributed by atoms with Gasteiger partial charge in [-0.25, -0.2) is 4.68 Å². The number of hydrogen-bond donors (Lipinski definition) is 5. The monoisotopic (exact) mass is 952 g/mol. The van der Waals surface area contributed by atoms with Gasteiger partial charge in [-0.3, -0.25) is 38.5 Å². The number of nitrogens with one attached hydrogen (secondary N) is 4. The van der Waals surface area contributed by atoms with E-state index in [9.17, 15) is 33.6 Å². The first-order valence-corrected chi connectivity index (χ1v) is 23.5. The second-order valence-electron chi connectivity index (χ2n) is 19.7. The molecule has 20 heteroatoms. The summed E-state index contributed by atoms with van der Waals surface area (Å²) >= 11 is 0. The zero-order valence-corrected chi connectivity index (χ0v) is 40.9. The fourth-order valence-electron chi connectivity index (χ4n) is 7.29. The standard InChI is InChI=1S/C48H73N9O11/c1-46(2,3)45(64)66-29-34-13-17-36(18-14-34)52-44(63)38(10-8-9-22-49)53-40(59)31-65-30-39(58)50-23-21-47(4,5)68-32-48(6,7)67-25-24-56-28-37(54-55-56)26-51-43(62)35-15-11-33(12-16-35)27-57-41(60)19-20-42(57)61/h13-14,17-20,28,33,35,38H,8-12,15-16,21-27,29-32,49H2,1-7H3,(H,50,58)(H,51,62)(H,52,63)(H,53,59)/t33?,35?,38-/m0/s1. The highest BCUT2D eigenvalue weighted by Crippen LogP contribution is 2.30. The van der Waals surface area contributed by atoms with E-state index in [0.29, 0.717) is 82.7 Å². The second-order valence-corrected chi connectivity index (χ2v) is 19.7. The van der Waals surface area contributed by atoms with Crippen molar-refractivity contribution in [2.45, 2.75) is 137 Å². The third-order valence-electron chi connectivity index (χ3n) is 11.5. The molecule has 2 aliphatic rings. The summed E-state index contributed by atoms with van der Waals surface area (Å²) in [4.78, 5) is 88.5. The smallest absolute Gasteiger partial charge is 0.311 e. The number of benzene rings is 1. The Hall–Kier alpha value is -5.57. The van der Waals surface area contributed by atoms with Crippen LogP contribution in [0, 0.1) is 17.3 Å². The van der Waals surface area contributed by atoms with E-state index in [1.807, 2.05) is 27.7 Å². The van der Waals surface area contributed by atoms with Gasteiger partial charge in [-0.1, -0.05) is 17.3 Å². The van der Waals surface area contributed by atoms with Crippen molar-refractivity contribution < 1.29 is 52.5 Å². The van der Waals surface area contributed by atoms with Crippen molar-refractivity contribution in [3.05, 3.63) is 53.9 Å². The van der Waals surface area contributed by atoms with Crippen molar-refractivity contribution in [3.8, 4) is 0 Å². The number of nitrogens with two attached hydrogens (primary N) is 1. The van der Waals surface area contributed by atoms with Gasteiger partial charge in [-0.05, 0) is 130 Å². The van der Waals surface area contributed by atoms with E-state index < -0.39 is 47.0 Å². The number of hydrogen-bond acceptors (Lipinski definition) is 14. The Morgan fingerprint density at radius 1 is 0.853 bits per heavy atom. The fourth-order valence-corrected chi connectivity index (χ4v) is 7.29. The van der Waals surface area contributed by atoms with Gasteiger partial charge in [-0.2, -0.15) is 0 Å². The number of rotatable bonds is 28. The summed E-state index contributed by atoms with van der Waals surface area (Å²) in [6, 6.07) is 6.01. The van der Waals surface area contributed by atoms with Gasteiger partial charge in [0.1, 0.15) is 31.6 Å². The van der Waals surface area contributed by atoms with E-state index in [4.69, 9.17) is 24.7 Å². The molecule has 6 amide bonds. The largest absolute Gasteiger partial charge is 0.460 e. The number of ether oxygens (including phenoxy) is 4. The molecule has 0 bridgehead atoms. The van der Waals surface area contributed by atoms with E-state index in [1.54, 1.807) is 55.9 Å². The average molecular weight is 952 g/mol. The molecule has 68 heavy (non-hydrogen) atoms. The molecule has 1 aliphatic carbocycles. The maximum absolute atomic E-state index is 13.2. The van der Waals surface area contributed by atoms with Crippen molar-refractivity contribution >= 4 is 47.1 Å². The molecule has 2 aromatic rings. The summed E-state index contributed by atoms with van der Waals surface area (Å²) in [5.74, 6) is -2.21. The molecule has 0 saturated heterocycles. The molecule has 1 saturated carbocycles. The molecule has 0 spiro atoms. The number of unbranched alkanes of at least 4 members (excludes halogenated alkanes) is 1. The predicted molar refractivity (Wildman–Crippen MR) is 251 cm³/mol. The van der Waals surface area contributed by atoms with Gasteiger partial charge in [0.05, 0.1) is 49.1 Å². The molecule has 20 nitrogen and oxygen atoms in total. The topological polar surface area (TPSA) is 264 Å². The van der Waals surface area contributed by atoms with Crippen LogP contribution < -0.4 is 27.0 Å². The van der Waals surface area contributed by atoms with Crippen LogP contribution in [0.1, 0.15) is 111 Å². The summed E-state index contributed by atoms with van der Waals surface area (Å²) in [7, 11) is 0. The van der Waals surface area contributed by atoms with E-state index in [2.05, 4.69) is 31.6 Å². The minimum absolute atomic E-state index is 0.0423. The Morgan fingerprint density at radius 2 is 1.53 bits per heavy atom. The number of carbonyl (C=O) groups excluding carboxylic acids is 7. The normalized spacial score (nSPS) is 16.9. The lowest BCUT2D eigenvalue weighted by atomic mass is 9.81. The molecule has 376 valence electrons. The van der Waals surface area contributed by atoms with Crippen LogP contribution in [-0.4, -0.2) is 125 Å². The van der Waals surface area contributed by atoms with Crippen LogP contribution in [-0.2, 0) is 72.2 Å². The maximum atomic E-state index is 13.2. The molecular weight excluding hydrogens is 879 g/mol. The highest BCUT2D eigenvalue weighted by atomic mass is 16.6. The van der Waals surface area contributed by atoms with Crippen LogP contribution in [0.4, 0.5) is 5.69 Å². The first kappa shape index (κ1) is 55.0. The molecular formula is C48H73N9O11. The minimum Gasteiger partial charge on any atom is -0.460 e. The fraction of sp³-hybridized carbons (Fsp3) is 0.646. The molecule has 1 atom stereocenters. The minimum atomic E-state index is -0.857. The number of nitrogens with zero attached hydrogens (tertiary/aromatic N) is 4. The zero-order chi connectivity index (χ0) is 49.9. The van der Waals surface area contributed by atoms with Gasteiger partial charge >= 0.3 is 5.97 Å². The lowest BCUT2D eigenvalue weighted by Crippen LogP contribution is -2.45. The van der Waals surface area contributed by atoms with Crippen LogP contribution in [0.25, 0.3) is 0 Å². The first-order chi connectivity index (χ1) is 32.1. The Bertz CT molecular complexity index is 2020. The van der Waals surface area contributed by atoms with Gasteiger partial charge in [-0.15, -0.1) is 5.10 Å². The van der Waals surface area contributed by atoms with E-state index in [0.717, 1.165) is 18.4 Å². The molecule has 2 heterocycles. The van der Waals surface area contributed by atoms with Gasteiger partial charge in [0, 0.05) is 36.8 Å². The van der Waals surface area contributed by atoms with Crippen LogP contribution in [0.5, 0.6) is 0 Å². The van der Waals surface area contributed by atoms with Gasteiger partial charge in [0.15, 0.2) is 0 Å². The van der Waals surface area contributed by atoms with Crippen molar-refractivity contribution in [3.63, 3.8) is 0 Å². The number of anilines is 1. The van der Waals surface area contributed by atoms with Crippen molar-refractivity contribution in [1.82, 2.24) is 35.8 Å². The molecule has 4 rings (SSSR count). The molecule has 1 aromatic heterocycles. The van der Waals surface area contributed by atoms with Crippen LogP contribution in [0.15, 0.2) is 42.6 Å². The molecule has 0 unspecified atom stereocenters. The van der Waals surface area contributed by atoms with Gasteiger partial charge in [0.2, 0.25) is 23.6 Å². The Balaban J connectivity index is 1.06. The lowest BCUT2D eigenvalue weighted by molar-refractivity contribution is -0.154. The van der Waals surface area contributed by atoms with Crippen LogP contribution in [0.3, 0.4) is 0 Å². The zero-order valence-electron chi connectivity index (χ0n) is 40.9. The summed E-state index contributed by atoms with van der Waals surface area (Å²) in [5, 5.41) is 19.6. The van der Waals surface area contributed by atoms with E-state index >= 15 is 0 Å². The third-order valence-corrected chi connectivity index (χ3v) is 11.5. The highest BCUT2D eigenvalue weighted by molar-refractivity contribution is 6.12. The summed E-state index contributed by atoms with van der Waals surface area (Å²) in [6.45, 7) is 14.8. The molecule has 0 radical (unpaired) electrons. The average Bonchev–Trinajstić information content (AvgIpc) is 3.88. The SMILES string of the molecule is CC(C)(CCNC(=O)COCC(=O)N[C@@H](CCCCN)C(=O)Nc1ccc(COC(=O)C(C)(C)C)cc1)OCC(C)(C)OCCn1cc(CNC(=O)C2CCC(CN3C(=O)C=CC3=O)CC2)nn1.